The predicted molar refractivity (Wildman–Crippen MR) is 84.1 cm³/mol. The van der Waals surface area contributed by atoms with E-state index in [0.717, 1.165) is 5.56 Å². The number of rotatable bonds is 5. The zero-order valence-corrected chi connectivity index (χ0v) is 13.6. The molecule has 0 aliphatic rings. The van der Waals surface area contributed by atoms with Gasteiger partial charge in [-0.1, -0.05) is 12.1 Å². The Morgan fingerprint density at radius 3 is 2.62 bits per heavy atom. The SMILES string of the molecule is CNS(=O)(=O)c1cccc(NCc2ccc(F)c(Br)c2)c1. The van der Waals surface area contributed by atoms with Crippen molar-refractivity contribution in [2.45, 2.75) is 11.4 Å². The molecule has 2 aromatic rings. The molecule has 0 aliphatic heterocycles. The first-order valence-corrected chi connectivity index (χ1v) is 8.41. The fraction of sp³-hybridized carbons (Fsp3) is 0.143. The summed E-state index contributed by atoms with van der Waals surface area (Å²) >= 11 is 3.13. The summed E-state index contributed by atoms with van der Waals surface area (Å²) in [6, 6.07) is 11.2. The summed E-state index contributed by atoms with van der Waals surface area (Å²) in [6.07, 6.45) is 0. The highest BCUT2D eigenvalue weighted by Crippen LogP contribution is 2.19. The van der Waals surface area contributed by atoms with Crippen molar-refractivity contribution in [3.63, 3.8) is 0 Å². The van der Waals surface area contributed by atoms with Gasteiger partial charge in [-0.15, -0.1) is 0 Å². The summed E-state index contributed by atoms with van der Waals surface area (Å²) in [6.45, 7) is 0.460. The highest BCUT2D eigenvalue weighted by atomic mass is 79.9. The quantitative estimate of drug-likeness (QED) is 0.847. The smallest absolute Gasteiger partial charge is 0.240 e. The highest BCUT2D eigenvalue weighted by Gasteiger charge is 2.11. The number of hydrogen-bond donors (Lipinski definition) is 2. The van der Waals surface area contributed by atoms with Crippen LogP contribution in [0.15, 0.2) is 51.8 Å². The zero-order chi connectivity index (χ0) is 15.5. The van der Waals surface area contributed by atoms with Gasteiger partial charge in [0.25, 0.3) is 0 Å². The summed E-state index contributed by atoms with van der Waals surface area (Å²) in [5, 5.41) is 3.11. The first kappa shape index (κ1) is 15.9. The summed E-state index contributed by atoms with van der Waals surface area (Å²) in [5.74, 6) is -0.319. The molecule has 0 fully saturated rings. The molecular weight excluding hydrogens is 359 g/mol. The van der Waals surface area contributed by atoms with Crippen molar-refractivity contribution in [3.8, 4) is 0 Å². The van der Waals surface area contributed by atoms with Crippen molar-refractivity contribution in [3.05, 3.63) is 58.3 Å². The van der Waals surface area contributed by atoms with Crippen molar-refractivity contribution in [1.29, 1.82) is 0 Å². The number of sulfonamides is 1. The zero-order valence-electron chi connectivity index (χ0n) is 11.2. The van der Waals surface area contributed by atoms with E-state index in [9.17, 15) is 12.8 Å². The molecule has 0 aliphatic carbocycles. The molecule has 21 heavy (non-hydrogen) atoms. The molecule has 4 nitrogen and oxygen atoms in total. The molecule has 0 atom stereocenters. The molecule has 2 rings (SSSR count). The van der Waals surface area contributed by atoms with Crippen LogP contribution in [0.5, 0.6) is 0 Å². The molecule has 0 heterocycles. The fourth-order valence-electron chi connectivity index (χ4n) is 1.74. The summed E-state index contributed by atoms with van der Waals surface area (Å²) < 4.78 is 39.3. The van der Waals surface area contributed by atoms with E-state index in [1.807, 2.05) is 0 Å². The number of anilines is 1. The Hall–Kier alpha value is -1.44. The molecule has 0 spiro atoms. The maximum atomic E-state index is 13.1. The van der Waals surface area contributed by atoms with E-state index >= 15 is 0 Å². The number of benzene rings is 2. The van der Waals surface area contributed by atoms with Gasteiger partial charge in [-0.3, -0.25) is 0 Å². The third-order valence-electron chi connectivity index (χ3n) is 2.89. The summed E-state index contributed by atoms with van der Waals surface area (Å²) in [4.78, 5) is 0.190. The minimum atomic E-state index is -3.46. The van der Waals surface area contributed by atoms with Gasteiger partial charge in [0.05, 0.1) is 9.37 Å². The Labute approximate surface area is 131 Å². The van der Waals surface area contributed by atoms with Crippen LogP contribution < -0.4 is 10.0 Å². The lowest BCUT2D eigenvalue weighted by molar-refractivity contribution is 0.588. The second-order valence-corrected chi connectivity index (χ2v) is 7.08. The van der Waals surface area contributed by atoms with Crippen LogP contribution in [0.3, 0.4) is 0 Å². The summed E-state index contributed by atoms with van der Waals surface area (Å²) in [5.41, 5.74) is 1.55. The van der Waals surface area contributed by atoms with Crippen LogP contribution in [0, 0.1) is 5.82 Å². The van der Waals surface area contributed by atoms with Crippen molar-refractivity contribution in [1.82, 2.24) is 4.72 Å². The molecule has 0 saturated carbocycles. The van der Waals surface area contributed by atoms with Gasteiger partial charge in [0.15, 0.2) is 0 Å². The largest absolute Gasteiger partial charge is 0.381 e. The number of halogens is 2. The summed E-state index contributed by atoms with van der Waals surface area (Å²) in [7, 11) is -2.10. The second-order valence-electron chi connectivity index (χ2n) is 4.34. The van der Waals surface area contributed by atoms with Gasteiger partial charge >= 0.3 is 0 Å². The van der Waals surface area contributed by atoms with E-state index in [1.54, 1.807) is 30.3 Å². The Balaban J connectivity index is 2.13. The maximum Gasteiger partial charge on any atom is 0.240 e. The lowest BCUT2D eigenvalue weighted by atomic mass is 10.2. The average molecular weight is 373 g/mol. The van der Waals surface area contributed by atoms with E-state index < -0.39 is 10.0 Å². The molecule has 0 unspecified atom stereocenters. The molecule has 7 heteroatoms. The van der Waals surface area contributed by atoms with Gasteiger partial charge in [0.2, 0.25) is 10.0 Å². The third kappa shape index (κ3) is 4.03. The number of nitrogens with one attached hydrogen (secondary N) is 2. The van der Waals surface area contributed by atoms with Gasteiger partial charge in [0.1, 0.15) is 5.82 Å². The first-order chi connectivity index (χ1) is 9.92. The van der Waals surface area contributed by atoms with Crippen molar-refractivity contribution in [2.75, 3.05) is 12.4 Å². The highest BCUT2D eigenvalue weighted by molar-refractivity contribution is 9.10. The van der Waals surface area contributed by atoms with Crippen molar-refractivity contribution in [2.24, 2.45) is 0 Å². The van der Waals surface area contributed by atoms with E-state index in [0.29, 0.717) is 16.7 Å². The van der Waals surface area contributed by atoms with Gasteiger partial charge in [-0.2, -0.15) is 0 Å². The third-order valence-corrected chi connectivity index (χ3v) is 4.91. The van der Waals surface area contributed by atoms with E-state index in [1.165, 1.54) is 19.2 Å². The van der Waals surface area contributed by atoms with Crippen molar-refractivity contribution >= 4 is 31.6 Å². The fourth-order valence-corrected chi connectivity index (χ4v) is 2.95. The first-order valence-electron chi connectivity index (χ1n) is 6.14. The van der Waals surface area contributed by atoms with Gasteiger partial charge in [0, 0.05) is 12.2 Å². The maximum absolute atomic E-state index is 13.1. The molecule has 112 valence electrons. The predicted octanol–water partition coefficient (Wildman–Crippen LogP) is 3.11. The van der Waals surface area contributed by atoms with E-state index in [-0.39, 0.29) is 10.7 Å². The van der Waals surface area contributed by atoms with E-state index in [4.69, 9.17) is 0 Å². The Bertz CT molecular complexity index is 750. The molecule has 2 aromatic carbocycles. The minimum Gasteiger partial charge on any atom is -0.381 e. The van der Waals surface area contributed by atoms with Crippen LogP contribution in [0.1, 0.15) is 5.56 Å². The molecular formula is C14H14BrFN2O2S. The average Bonchev–Trinajstić information content (AvgIpc) is 2.49. The van der Waals surface area contributed by atoms with Crippen molar-refractivity contribution < 1.29 is 12.8 Å². The van der Waals surface area contributed by atoms with Gasteiger partial charge < -0.3 is 5.32 Å². The topological polar surface area (TPSA) is 58.2 Å². The van der Waals surface area contributed by atoms with Gasteiger partial charge in [-0.25, -0.2) is 17.5 Å². The lowest BCUT2D eigenvalue weighted by Gasteiger charge is -2.09. The van der Waals surface area contributed by atoms with Gasteiger partial charge in [-0.05, 0) is 58.9 Å². The molecule has 0 bridgehead atoms. The molecule has 0 saturated heterocycles. The monoisotopic (exact) mass is 372 g/mol. The normalized spacial score (nSPS) is 11.4. The van der Waals surface area contributed by atoms with Crippen LogP contribution in [0.4, 0.5) is 10.1 Å². The molecule has 2 N–H and O–H groups in total. The van der Waals surface area contributed by atoms with Crippen LogP contribution in [-0.2, 0) is 16.6 Å². The van der Waals surface area contributed by atoms with Crippen LogP contribution >= 0.6 is 15.9 Å². The Morgan fingerprint density at radius 2 is 1.95 bits per heavy atom. The van der Waals surface area contributed by atoms with Crippen LogP contribution in [0.2, 0.25) is 0 Å². The molecule has 0 amide bonds. The van der Waals surface area contributed by atoms with Crippen LogP contribution in [0.25, 0.3) is 0 Å². The minimum absolute atomic E-state index is 0.190. The molecule has 0 aromatic heterocycles. The Kier molecular flexibility index (Phi) is 4.97. The second kappa shape index (κ2) is 6.55. The lowest BCUT2D eigenvalue weighted by Crippen LogP contribution is -2.18. The number of hydrogen-bond acceptors (Lipinski definition) is 3. The molecule has 0 radical (unpaired) electrons. The Morgan fingerprint density at radius 1 is 1.19 bits per heavy atom. The van der Waals surface area contributed by atoms with E-state index in [2.05, 4.69) is 26.0 Å². The standard InChI is InChI=1S/C14H14BrFN2O2S/c1-17-21(19,20)12-4-2-3-11(8-12)18-9-10-5-6-14(16)13(15)7-10/h2-8,17-18H,9H2,1H3. The van der Waals surface area contributed by atoms with Crippen LogP contribution in [-0.4, -0.2) is 15.5 Å².